The Kier molecular flexibility index (Phi) is 7.82. The number of nitrogens with zero attached hydrogens (tertiary/aromatic N) is 3. The quantitative estimate of drug-likeness (QED) is 0.537. The fraction of sp³-hybridized carbons (Fsp3) is 0.500. The number of nitrogens with one attached hydrogen (secondary N) is 2. The molecule has 2 N–H and O–H groups in total. The largest absolute Gasteiger partial charge is 0.378 e. The summed E-state index contributed by atoms with van der Waals surface area (Å²) in [6, 6.07) is 8.39. The molecule has 2 amide bonds. The zero-order valence-electron chi connectivity index (χ0n) is 16.6. The second kappa shape index (κ2) is 10.1. The summed E-state index contributed by atoms with van der Waals surface area (Å²) in [4.78, 5) is 30.6. The Morgan fingerprint density at radius 2 is 1.70 bits per heavy atom. The van der Waals surface area contributed by atoms with Crippen LogP contribution in [-0.4, -0.2) is 82.0 Å². The molecule has 0 saturated carbocycles. The second-order valence-corrected chi connectivity index (χ2v) is 7.05. The van der Waals surface area contributed by atoms with E-state index in [0.29, 0.717) is 6.54 Å². The zero-order chi connectivity index (χ0) is 19.8. The molecular formula is C20H31N5O2. The highest BCUT2D eigenvalue weighted by Gasteiger charge is 2.25. The van der Waals surface area contributed by atoms with E-state index >= 15 is 0 Å². The van der Waals surface area contributed by atoms with Crippen molar-refractivity contribution < 1.29 is 9.59 Å². The molecule has 1 heterocycles. The minimum atomic E-state index is -0.630. The predicted molar refractivity (Wildman–Crippen MR) is 109 cm³/mol. The molecule has 1 fully saturated rings. The Morgan fingerprint density at radius 3 is 2.26 bits per heavy atom. The van der Waals surface area contributed by atoms with Crippen molar-refractivity contribution in [2.75, 3.05) is 65.3 Å². The lowest BCUT2D eigenvalue weighted by atomic mass is 10.0. The summed E-state index contributed by atoms with van der Waals surface area (Å²) in [5.74, 6) is -1.24. The van der Waals surface area contributed by atoms with Gasteiger partial charge in [0, 0.05) is 59.1 Å². The van der Waals surface area contributed by atoms with E-state index in [1.165, 1.54) is 0 Å². The van der Waals surface area contributed by atoms with Gasteiger partial charge in [-0.05, 0) is 24.7 Å². The summed E-state index contributed by atoms with van der Waals surface area (Å²) in [6.45, 7) is 8.03. The van der Waals surface area contributed by atoms with Crippen LogP contribution in [0.25, 0.3) is 0 Å². The summed E-state index contributed by atoms with van der Waals surface area (Å²) >= 11 is 0. The number of piperazine rings is 1. The van der Waals surface area contributed by atoms with Crippen LogP contribution in [0.3, 0.4) is 0 Å². The molecule has 2 rings (SSSR count). The van der Waals surface area contributed by atoms with Gasteiger partial charge in [0.05, 0.1) is 6.04 Å². The lowest BCUT2D eigenvalue weighted by Gasteiger charge is -2.38. The molecule has 1 aromatic rings. The molecule has 1 aromatic carbocycles. The molecule has 7 heteroatoms. The first-order valence-electron chi connectivity index (χ1n) is 9.29. The Hall–Kier alpha value is -2.38. The molecule has 148 valence electrons. The second-order valence-electron chi connectivity index (χ2n) is 7.05. The van der Waals surface area contributed by atoms with Gasteiger partial charge in [0.25, 0.3) is 0 Å². The molecular weight excluding hydrogens is 342 g/mol. The summed E-state index contributed by atoms with van der Waals surface area (Å²) in [6.07, 6.45) is 1.55. The summed E-state index contributed by atoms with van der Waals surface area (Å²) in [5, 5.41) is 5.29. The molecule has 0 spiro atoms. The van der Waals surface area contributed by atoms with Crippen LogP contribution in [-0.2, 0) is 9.59 Å². The fourth-order valence-corrected chi connectivity index (χ4v) is 3.10. The molecule has 1 saturated heterocycles. The van der Waals surface area contributed by atoms with Gasteiger partial charge in [-0.15, -0.1) is 6.58 Å². The molecule has 0 aliphatic carbocycles. The SMILES string of the molecule is C=CCNC(=O)C(=O)NC[C@H](c1ccc(N(C)C)cc1)N1CCN(C)CC1. The van der Waals surface area contributed by atoms with E-state index in [0.717, 1.165) is 37.4 Å². The number of rotatable bonds is 7. The standard InChI is InChI=1S/C20H31N5O2/c1-5-10-21-19(26)20(27)22-15-18(25-13-11-24(4)12-14-25)16-6-8-17(9-7-16)23(2)3/h5-9,18H,1,10-15H2,2-4H3,(H,21,26)(H,22,27)/t18-/m1/s1. The van der Waals surface area contributed by atoms with Gasteiger partial charge in [0.1, 0.15) is 0 Å². The Bertz CT molecular complexity index is 636. The smallest absolute Gasteiger partial charge is 0.309 e. The number of carbonyl (C=O) groups excluding carboxylic acids is 2. The van der Waals surface area contributed by atoms with Crippen LogP contribution in [0.2, 0.25) is 0 Å². The number of carbonyl (C=O) groups is 2. The van der Waals surface area contributed by atoms with Crippen LogP contribution in [0, 0.1) is 0 Å². The van der Waals surface area contributed by atoms with Crippen molar-refractivity contribution in [3.8, 4) is 0 Å². The molecule has 1 aliphatic heterocycles. The average molecular weight is 374 g/mol. The van der Waals surface area contributed by atoms with Crippen LogP contribution in [0.5, 0.6) is 0 Å². The molecule has 1 atom stereocenters. The number of likely N-dealkylation sites (N-methyl/N-ethyl adjacent to an activating group) is 1. The number of anilines is 1. The molecule has 1 aliphatic rings. The third kappa shape index (κ3) is 6.08. The van der Waals surface area contributed by atoms with E-state index in [2.05, 4.69) is 63.2 Å². The van der Waals surface area contributed by atoms with Crippen molar-refractivity contribution in [1.82, 2.24) is 20.4 Å². The van der Waals surface area contributed by atoms with Gasteiger partial charge in [-0.3, -0.25) is 14.5 Å². The first-order valence-corrected chi connectivity index (χ1v) is 9.29. The van der Waals surface area contributed by atoms with Crippen molar-refractivity contribution in [2.24, 2.45) is 0 Å². The van der Waals surface area contributed by atoms with Crippen LogP contribution in [0.1, 0.15) is 11.6 Å². The predicted octanol–water partition coefficient (Wildman–Crippen LogP) is 0.460. The van der Waals surface area contributed by atoms with Gasteiger partial charge in [-0.2, -0.15) is 0 Å². The average Bonchev–Trinajstić information content (AvgIpc) is 2.67. The first-order chi connectivity index (χ1) is 12.9. The summed E-state index contributed by atoms with van der Waals surface area (Å²) < 4.78 is 0. The minimum Gasteiger partial charge on any atom is -0.378 e. The molecule has 0 radical (unpaired) electrons. The summed E-state index contributed by atoms with van der Waals surface area (Å²) in [7, 11) is 6.13. The van der Waals surface area contributed by atoms with Crippen LogP contribution < -0.4 is 15.5 Å². The maximum absolute atomic E-state index is 12.1. The van der Waals surface area contributed by atoms with Gasteiger partial charge in [-0.25, -0.2) is 0 Å². The monoisotopic (exact) mass is 373 g/mol. The topological polar surface area (TPSA) is 67.9 Å². The molecule has 0 bridgehead atoms. The van der Waals surface area contributed by atoms with E-state index in [4.69, 9.17) is 0 Å². The third-order valence-corrected chi connectivity index (χ3v) is 4.84. The Balaban J connectivity index is 2.08. The number of hydrogen-bond donors (Lipinski definition) is 2. The Labute approximate surface area is 162 Å². The van der Waals surface area contributed by atoms with Crippen LogP contribution in [0.15, 0.2) is 36.9 Å². The van der Waals surface area contributed by atoms with E-state index in [1.54, 1.807) is 6.08 Å². The highest BCUT2D eigenvalue weighted by atomic mass is 16.2. The Morgan fingerprint density at radius 1 is 1.11 bits per heavy atom. The van der Waals surface area contributed by atoms with E-state index < -0.39 is 11.8 Å². The van der Waals surface area contributed by atoms with Crippen molar-refractivity contribution in [3.63, 3.8) is 0 Å². The lowest BCUT2D eigenvalue weighted by molar-refractivity contribution is -0.139. The van der Waals surface area contributed by atoms with Gasteiger partial charge in [0.2, 0.25) is 0 Å². The van der Waals surface area contributed by atoms with Crippen LogP contribution in [0.4, 0.5) is 5.69 Å². The first kappa shape index (κ1) is 20.9. The van der Waals surface area contributed by atoms with Crippen molar-refractivity contribution in [3.05, 3.63) is 42.5 Å². The van der Waals surface area contributed by atoms with Gasteiger partial charge >= 0.3 is 11.8 Å². The number of benzene rings is 1. The van der Waals surface area contributed by atoms with Crippen LogP contribution >= 0.6 is 0 Å². The van der Waals surface area contributed by atoms with E-state index in [9.17, 15) is 9.59 Å². The molecule has 0 unspecified atom stereocenters. The van der Waals surface area contributed by atoms with Gasteiger partial charge in [0.15, 0.2) is 0 Å². The van der Waals surface area contributed by atoms with E-state index in [-0.39, 0.29) is 12.6 Å². The maximum atomic E-state index is 12.1. The van der Waals surface area contributed by atoms with E-state index in [1.807, 2.05) is 14.1 Å². The molecule has 7 nitrogen and oxygen atoms in total. The number of hydrogen-bond acceptors (Lipinski definition) is 5. The molecule has 0 aromatic heterocycles. The minimum absolute atomic E-state index is 0.0334. The molecule has 27 heavy (non-hydrogen) atoms. The number of amides is 2. The zero-order valence-corrected chi connectivity index (χ0v) is 16.6. The summed E-state index contributed by atoms with van der Waals surface area (Å²) in [5.41, 5.74) is 2.26. The van der Waals surface area contributed by atoms with Gasteiger partial charge < -0.3 is 20.4 Å². The lowest BCUT2D eigenvalue weighted by Crippen LogP contribution is -2.49. The highest BCUT2D eigenvalue weighted by Crippen LogP contribution is 2.24. The van der Waals surface area contributed by atoms with Crippen molar-refractivity contribution in [2.45, 2.75) is 6.04 Å². The highest BCUT2D eigenvalue weighted by molar-refractivity contribution is 6.35. The van der Waals surface area contributed by atoms with Crippen molar-refractivity contribution in [1.29, 1.82) is 0 Å². The normalized spacial score (nSPS) is 16.4. The van der Waals surface area contributed by atoms with Gasteiger partial charge in [-0.1, -0.05) is 18.2 Å². The maximum Gasteiger partial charge on any atom is 0.309 e. The van der Waals surface area contributed by atoms with Crippen molar-refractivity contribution >= 4 is 17.5 Å². The fourth-order valence-electron chi connectivity index (χ4n) is 3.10. The third-order valence-electron chi connectivity index (χ3n) is 4.84.